The van der Waals surface area contributed by atoms with Crippen LogP contribution in [0.15, 0.2) is 27.8 Å². The smallest absolute Gasteiger partial charge is 0.274 e. The largest absolute Gasteiger partial charge is 0.396 e. The van der Waals surface area contributed by atoms with E-state index >= 15 is 0 Å². The van der Waals surface area contributed by atoms with Gasteiger partial charge in [-0.25, -0.2) is 0 Å². The van der Waals surface area contributed by atoms with Gasteiger partial charge < -0.3 is 5.11 Å². The van der Waals surface area contributed by atoms with Crippen molar-refractivity contribution >= 4 is 21.6 Å². The third-order valence-corrected chi connectivity index (χ3v) is 2.41. The van der Waals surface area contributed by atoms with Gasteiger partial charge >= 0.3 is 0 Å². The number of hydrogen-bond donors (Lipinski definition) is 1. The summed E-state index contributed by atoms with van der Waals surface area (Å²) in [4.78, 5) is 12.7. The van der Waals surface area contributed by atoms with Gasteiger partial charge in [0, 0.05) is 21.0 Å². The molecule has 1 unspecified atom stereocenters. The summed E-state index contributed by atoms with van der Waals surface area (Å²) in [5.41, 5.74) is 8.28. The van der Waals surface area contributed by atoms with Gasteiger partial charge in [-0.1, -0.05) is 27.1 Å². The number of rotatable bonds is 4. The van der Waals surface area contributed by atoms with Crippen LogP contribution >= 0.6 is 15.9 Å². The van der Waals surface area contributed by atoms with Crippen molar-refractivity contribution in [1.82, 2.24) is 0 Å². The number of nitro benzene ring substituents is 1. The van der Waals surface area contributed by atoms with Crippen molar-refractivity contribution < 1.29 is 10.0 Å². The summed E-state index contributed by atoms with van der Waals surface area (Å²) in [6, 6.07) is 3.37. The first-order chi connectivity index (χ1) is 7.60. The Hall–Kier alpha value is -1.63. The molecule has 1 rings (SSSR count). The Bertz CT molecular complexity index is 459. The molecule has 0 fully saturated rings. The molecule has 0 bridgehead atoms. The summed E-state index contributed by atoms with van der Waals surface area (Å²) in [5.74, 6) is 0. The summed E-state index contributed by atoms with van der Waals surface area (Å²) >= 11 is 3.10. The number of aliphatic hydroxyl groups is 1. The van der Waals surface area contributed by atoms with Crippen molar-refractivity contribution in [2.45, 2.75) is 6.04 Å². The van der Waals surface area contributed by atoms with E-state index in [1.807, 2.05) is 0 Å². The second-order valence-corrected chi connectivity index (χ2v) is 3.78. The highest BCUT2D eigenvalue weighted by Crippen LogP contribution is 2.30. The Morgan fingerprint density at radius 2 is 2.38 bits per heavy atom. The maximum atomic E-state index is 10.8. The van der Waals surface area contributed by atoms with Crippen LogP contribution in [0.2, 0.25) is 0 Å². The van der Waals surface area contributed by atoms with E-state index in [1.165, 1.54) is 12.1 Å². The van der Waals surface area contributed by atoms with Gasteiger partial charge in [0.25, 0.3) is 5.69 Å². The summed E-state index contributed by atoms with van der Waals surface area (Å²) in [6.45, 7) is -0.480. The topological polar surface area (TPSA) is 112 Å². The van der Waals surface area contributed by atoms with E-state index in [1.54, 1.807) is 6.07 Å². The predicted molar refractivity (Wildman–Crippen MR) is 59.8 cm³/mol. The van der Waals surface area contributed by atoms with Gasteiger partial charge in [0.1, 0.15) is 0 Å². The van der Waals surface area contributed by atoms with Gasteiger partial charge in [0.05, 0.1) is 17.6 Å². The minimum atomic E-state index is -0.946. The molecule has 7 nitrogen and oxygen atoms in total. The number of aliphatic hydroxyl groups excluding tert-OH is 1. The lowest BCUT2D eigenvalue weighted by molar-refractivity contribution is -0.385. The normalized spacial score (nSPS) is 11.6. The first-order valence-corrected chi connectivity index (χ1v) is 4.98. The fourth-order valence-corrected chi connectivity index (χ4v) is 1.57. The zero-order valence-corrected chi connectivity index (χ0v) is 9.53. The minimum absolute atomic E-state index is 0.188. The SMILES string of the molecule is [N-]=[N+]=NC(CO)c1ccc(Br)cc1[N+](=O)[O-]. The Morgan fingerprint density at radius 3 is 2.88 bits per heavy atom. The van der Waals surface area contributed by atoms with Crippen LogP contribution < -0.4 is 0 Å². The van der Waals surface area contributed by atoms with Crippen LogP contribution in [0, 0.1) is 10.1 Å². The molecule has 0 aliphatic carbocycles. The Balaban J connectivity index is 3.30. The molecule has 1 N–H and O–H groups in total. The minimum Gasteiger partial charge on any atom is -0.396 e. The van der Waals surface area contributed by atoms with Gasteiger partial charge in [-0.05, 0) is 11.6 Å². The average Bonchev–Trinajstić information content (AvgIpc) is 2.26. The summed E-state index contributed by atoms with van der Waals surface area (Å²) in [6.07, 6.45) is 0. The van der Waals surface area contributed by atoms with Gasteiger partial charge in [-0.2, -0.15) is 0 Å². The van der Waals surface area contributed by atoms with E-state index in [9.17, 15) is 10.1 Å². The molecule has 0 radical (unpaired) electrons. The fourth-order valence-electron chi connectivity index (χ4n) is 1.22. The van der Waals surface area contributed by atoms with Gasteiger partial charge in [0.15, 0.2) is 0 Å². The fraction of sp³-hybridized carbons (Fsp3) is 0.250. The van der Waals surface area contributed by atoms with Crippen molar-refractivity contribution in [2.75, 3.05) is 6.61 Å². The highest BCUT2D eigenvalue weighted by atomic mass is 79.9. The van der Waals surface area contributed by atoms with Crippen LogP contribution in [-0.2, 0) is 0 Å². The van der Waals surface area contributed by atoms with Crippen LogP contribution in [0.25, 0.3) is 10.4 Å². The summed E-state index contributed by atoms with van der Waals surface area (Å²) in [7, 11) is 0. The number of hydrogen-bond acceptors (Lipinski definition) is 4. The molecule has 0 aromatic heterocycles. The second kappa shape index (κ2) is 5.45. The molecule has 0 saturated heterocycles. The third-order valence-electron chi connectivity index (χ3n) is 1.91. The first kappa shape index (κ1) is 12.4. The zero-order chi connectivity index (χ0) is 12.1. The molecule has 8 heteroatoms. The number of benzene rings is 1. The van der Waals surface area contributed by atoms with Gasteiger partial charge in [-0.3, -0.25) is 10.1 Å². The van der Waals surface area contributed by atoms with Crippen LogP contribution in [-0.4, -0.2) is 16.6 Å². The van der Waals surface area contributed by atoms with Gasteiger partial charge in [-0.15, -0.1) is 0 Å². The Labute approximate surface area is 98.6 Å². The van der Waals surface area contributed by atoms with Gasteiger partial charge in [0.2, 0.25) is 0 Å². The molecule has 16 heavy (non-hydrogen) atoms. The summed E-state index contributed by atoms with van der Waals surface area (Å²) < 4.78 is 0.542. The summed E-state index contributed by atoms with van der Waals surface area (Å²) in [5, 5.41) is 23.1. The molecule has 0 saturated carbocycles. The molecule has 84 valence electrons. The molecule has 0 amide bonds. The second-order valence-electron chi connectivity index (χ2n) is 2.86. The highest BCUT2D eigenvalue weighted by molar-refractivity contribution is 9.10. The molecular weight excluding hydrogens is 280 g/mol. The molecule has 0 spiro atoms. The lowest BCUT2D eigenvalue weighted by Crippen LogP contribution is -2.04. The number of halogens is 1. The highest BCUT2D eigenvalue weighted by Gasteiger charge is 2.20. The standard InChI is InChI=1S/C8H7BrN4O3/c9-5-1-2-6(7(4-14)11-12-10)8(3-5)13(15)16/h1-3,7,14H,4H2. The first-order valence-electron chi connectivity index (χ1n) is 4.19. The van der Waals surface area contributed by atoms with Crippen molar-refractivity contribution in [3.05, 3.63) is 48.8 Å². The zero-order valence-electron chi connectivity index (χ0n) is 7.95. The van der Waals surface area contributed by atoms with Crippen LogP contribution in [0.1, 0.15) is 11.6 Å². The van der Waals surface area contributed by atoms with Crippen LogP contribution in [0.4, 0.5) is 5.69 Å². The maximum absolute atomic E-state index is 10.8. The molecule has 1 atom stereocenters. The van der Waals surface area contributed by atoms with E-state index in [-0.39, 0.29) is 11.3 Å². The number of azide groups is 1. The molecule has 0 aliphatic rings. The monoisotopic (exact) mass is 286 g/mol. The molecular formula is C8H7BrN4O3. The average molecular weight is 287 g/mol. The van der Waals surface area contributed by atoms with Crippen molar-refractivity contribution in [2.24, 2.45) is 5.11 Å². The van der Waals surface area contributed by atoms with E-state index in [0.29, 0.717) is 4.47 Å². The molecule has 1 aromatic carbocycles. The van der Waals surface area contributed by atoms with Crippen molar-refractivity contribution in [1.29, 1.82) is 0 Å². The molecule has 1 aromatic rings. The van der Waals surface area contributed by atoms with E-state index < -0.39 is 17.6 Å². The van der Waals surface area contributed by atoms with Crippen molar-refractivity contribution in [3.63, 3.8) is 0 Å². The van der Waals surface area contributed by atoms with E-state index in [4.69, 9.17) is 10.6 Å². The van der Waals surface area contributed by atoms with Crippen LogP contribution in [0.3, 0.4) is 0 Å². The van der Waals surface area contributed by atoms with E-state index in [0.717, 1.165) is 0 Å². The quantitative estimate of drug-likeness (QED) is 0.302. The molecule has 0 aliphatic heterocycles. The molecule has 0 heterocycles. The van der Waals surface area contributed by atoms with Crippen molar-refractivity contribution in [3.8, 4) is 0 Å². The Kier molecular flexibility index (Phi) is 4.24. The maximum Gasteiger partial charge on any atom is 0.274 e. The lowest BCUT2D eigenvalue weighted by Gasteiger charge is -2.08. The number of nitrogens with zero attached hydrogens (tertiary/aromatic N) is 4. The predicted octanol–water partition coefficient (Wildman–Crippen LogP) is 2.70. The third kappa shape index (κ3) is 2.69. The van der Waals surface area contributed by atoms with E-state index in [2.05, 4.69) is 26.0 Å². The lowest BCUT2D eigenvalue weighted by atomic mass is 10.1. The number of nitro groups is 1. The Morgan fingerprint density at radius 1 is 1.69 bits per heavy atom. The van der Waals surface area contributed by atoms with Crippen LogP contribution in [0.5, 0.6) is 0 Å².